The quantitative estimate of drug-likeness (QED) is 0.469. The number of aromatic nitrogens is 1. The molecule has 72 valence electrons. The highest BCUT2D eigenvalue weighted by molar-refractivity contribution is 6.29. The lowest BCUT2D eigenvalue weighted by atomic mass is 10.3. The molecule has 4 heteroatoms. The van der Waals surface area contributed by atoms with E-state index in [1.165, 1.54) is 6.07 Å². The van der Waals surface area contributed by atoms with Crippen LogP contribution in [0.1, 0.15) is 12.0 Å². The lowest BCUT2D eigenvalue weighted by Gasteiger charge is -2.03. The summed E-state index contributed by atoms with van der Waals surface area (Å²) in [4.78, 5) is 4.02. The summed E-state index contributed by atoms with van der Waals surface area (Å²) in [5.74, 6) is 0.621. The third-order valence-corrected chi connectivity index (χ3v) is 1.77. The molecule has 3 nitrogen and oxygen atoms in total. The minimum Gasteiger partial charge on any atom is -0.370 e. The molecular formula is C10H10ClN3. The maximum atomic E-state index is 8.68. The fourth-order valence-corrected chi connectivity index (χ4v) is 1.16. The van der Waals surface area contributed by atoms with Crippen molar-refractivity contribution in [2.45, 2.75) is 6.42 Å². The first-order valence-electron chi connectivity index (χ1n) is 4.18. The van der Waals surface area contributed by atoms with Gasteiger partial charge >= 0.3 is 0 Å². The smallest absolute Gasteiger partial charge is 0.132 e. The van der Waals surface area contributed by atoms with Gasteiger partial charge in [0.15, 0.2) is 0 Å². The van der Waals surface area contributed by atoms with Gasteiger partial charge in [-0.05, 0) is 18.6 Å². The van der Waals surface area contributed by atoms with E-state index in [1.807, 2.05) is 12.1 Å². The summed E-state index contributed by atoms with van der Waals surface area (Å²) in [7, 11) is 0. The van der Waals surface area contributed by atoms with E-state index in [4.69, 9.17) is 16.9 Å². The van der Waals surface area contributed by atoms with Gasteiger partial charge in [-0.25, -0.2) is 4.98 Å². The molecule has 1 heterocycles. The average molecular weight is 208 g/mol. The summed E-state index contributed by atoms with van der Waals surface area (Å²) in [6.07, 6.45) is 2.65. The van der Waals surface area contributed by atoms with E-state index < -0.39 is 0 Å². The minimum absolute atomic E-state index is 0.324. The highest BCUT2D eigenvalue weighted by atomic mass is 35.5. The normalized spacial score (nSPS) is 9.14. The molecule has 0 fully saturated rings. The molecule has 14 heavy (non-hydrogen) atoms. The molecular weight excluding hydrogens is 198 g/mol. The summed E-state index contributed by atoms with van der Waals surface area (Å²) in [5.41, 5.74) is 0.506. The van der Waals surface area contributed by atoms with Crippen LogP contribution in [0.5, 0.6) is 0 Å². The standard InChI is InChI=1S/C10H10ClN3/c1-2-3-4-13-10-6-8(7-12)5-9(11)14-10/h2,5-6H,1,3-4H2,(H,13,14). The number of hydrogen-bond donors (Lipinski definition) is 1. The van der Waals surface area contributed by atoms with Crippen LogP contribution in [0.4, 0.5) is 5.82 Å². The van der Waals surface area contributed by atoms with Crippen molar-refractivity contribution in [1.29, 1.82) is 5.26 Å². The molecule has 1 aromatic rings. The Morgan fingerprint density at radius 3 is 3.07 bits per heavy atom. The molecule has 1 N–H and O–H groups in total. The van der Waals surface area contributed by atoms with Gasteiger partial charge < -0.3 is 5.32 Å². The second-order valence-corrected chi connectivity index (χ2v) is 3.07. The van der Waals surface area contributed by atoms with Crippen LogP contribution in [0.2, 0.25) is 5.15 Å². The zero-order valence-electron chi connectivity index (χ0n) is 7.63. The Bertz CT molecular complexity index is 368. The second-order valence-electron chi connectivity index (χ2n) is 2.68. The Labute approximate surface area is 88.0 Å². The van der Waals surface area contributed by atoms with Crippen molar-refractivity contribution in [2.75, 3.05) is 11.9 Å². The molecule has 0 bridgehead atoms. The zero-order chi connectivity index (χ0) is 10.4. The molecule has 1 rings (SSSR count). The van der Waals surface area contributed by atoms with Gasteiger partial charge in [0.25, 0.3) is 0 Å². The first-order chi connectivity index (χ1) is 6.76. The highest BCUT2D eigenvalue weighted by Gasteiger charge is 1.99. The van der Waals surface area contributed by atoms with Crippen LogP contribution >= 0.6 is 11.6 Å². The van der Waals surface area contributed by atoms with E-state index in [9.17, 15) is 0 Å². The van der Waals surface area contributed by atoms with Crippen molar-refractivity contribution in [3.05, 3.63) is 35.5 Å². The topological polar surface area (TPSA) is 48.7 Å². The lowest BCUT2D eigenvalue weighted by Crippen LogP contribution is -2.02. The van der Waals surface area contributed by atoms with Crippen molar-refractivity contribution in [3.8, 4) is 6.07 Å². The summed E-state index contributed by atoms with van der Waals surface area (Å²) in [6.45, 7) is 4.34. The van der Waals surface area contributed by atoms with Crippen molar-refractivity contribution >= 4 is 17.4 Å². The van der Waals surface area contributed by atoms with E-state index in [0.29, 0.717) is 16.5 Å². The SMILES string of the molecule is C=CCCNc1cc(C#N)cc(Cl)n1. The first-order valence-corrected chi connectivity index (χ1v) is 4.56. The predicted octanol–water partition coefficient (Wildman–Crippen LogP) is 2.59. The molecule has 0 saturated carbocycles. The molecule has 0 aromatic carbocycles. The highest BCUT2D eigenvalue weighted by Crippen LogP contribution is 2.13. The van der Waals surface area contributed by atoms with E-state index in [0.717, 1.165) is 13.0 Å². The molecule has 0 amide bonds. The number of rotatable bonds is 4. The van der Waals surface area contributed by atoms with Crippen molar-refractivity contribution in [3.63, 3.8) is 0 Å². The largest absolute Gasteiger partial charge is 0.370 e. The van der Waals surface area contributed by atoms with Crippen LogP contribution in [0.25, 0.3) is 0 Å². The average Bonchev–Trinajstić information content (AvgIpc) is 2.17. The molecule has 0 aliphatic heterocycles. The number of anilines is 1. The number of nitrogens with one attached hydrogen (secondary N) is 1. The third-order valence-electron chi connectivity index (χ3n) is 1.58. The predicted molar refractivity (Wildman–Crippen MR) is 57.3 cm³/mol. The molecule has 0 aliphatic carbocycles. The van der Waals surface area contributed by atoms with Crippen molar-refractivity contribution in [1.82, 2.24) is 4.98 Å². The van der Waals surface area contributed by atoms with Crippen LogP contribution in [-0.4, -0.2) is 11.5 Å². The molecule has 0 unspecified atom stereocenters. The number of halogens is 1. The van der Waals surface area contributed by atoms with Gasteiger partial charge in [0, 0.05) is 6.54 Å². The maximum Gasteiger partial charge on any atom is 0.132 e. The van der Waals surface area contributed by atoms with E-state index in [2.05, 4.69) is 16.9 Å². The Morgan fingerprint density at radius 1 is 1.64 bits per heavy atom. The van der Waals surface area contributed by atoms with Gasteiger partial charge in [-0.15, -0.1) is 6.58 Å². The molecule has 0 saturated heterocycles. The Hall–Kier alpha value is -1.53. The Kier molecular flexibility index (Phi) is 3.96. The fourth-order valence-electron chi connectivity index (χ4n) is 0.954. The van der Waals surface area contributed by atoms with E-state index in [1.54, 1.807) is 6.07 Å². The van der Waals surface area contributed by atoms with Crippen LogP contribution in [0.3, 0.4) is 0 Å². The monoisotopic (exact) mass is 207 g/mol. The third kappa shape index (κ3) is 3.08. The van der Waals surface area contributed by atoms with Crippen LogP contribution < -0.4 is 5.32 Å². The van der Waals surface area contributed by atoms with Gasteiger partial charge in [0.1, 0.15) is 11.0 Å². The summed E-state index contributed by atoms with van der Waals surface area (Å²) in [6, 6.07) is 5.20. The van der Waals surface area contributed by atoms with Crippen molar-refractivity contribution in [2.24, 2.45) is 0 Å². The van der Waals surface area contributed by atoms with Crippen molar-refractivity contribution < 1.29 is 0 Å². The second kappa shape index (κ2) is 5.25. The number of pyridine rings is 1. The number of hydrogen-bond acceptors (Lipinski definition) is 3. The number of nitrogens with zero attached hydrogens (tertiary/aromatic N) is 2. The Morgan fingerprint density at radius 2 is 2.43 bits per heavy atom. The summed E-state index contributed by atoms with van der Waals surface area (Å²) < 4.78 is 0. The van der Waals surface area contributed by atoms with Crippen LogP contribution in [0.15, 0.2) is 24.8 Å². The number of nitriles is 1. The lowest BCUT2D eigenvalue weighted by molar-refractivity contribution is 1.05. The zero-order valence-corrected chi connectivity index (χ0v) is 8.38. The van der Waals surface area contributed by atoms with E-state index >= 15 is 0 Å². The molecule has 0 spiro atoms. The first kappa shape index (κ1) is 10.6. The molecule has 1 aromatic heterocycles. The van der Waals surface area contributed by atoms with Gasteiger partial charge in [-0.1, -0.05) is 17.7 Å². The van der Waals surface area contributed by atoms with Gasteiger partial charge in [0.05, 0.1) is 11.6 Å². The van der Waals surface area contributed by atoms with Gasteiger partial charge in [0.2, 0.25) is 0 Å². The van der Waals surface area contributed by atoms with Crippen LogP contribution in [-0.2, 0) is 0 Å². The van der Waals surface area contributed by atoms with Gasteiger partial charge in [-0.2, -0.15) is 5.26 Å². The van der Waals surface area contributed by atoms with Crippen LogP contribution in [0, 0.1) is 11.3 Å². The molecule has 0 atom stereocenters. The maximum absolute atomic E-state index is 8.68. The van der Waals surface area contributed by atoms with Gasteiger partial charge in [-0.3, -0.25) is 0 Å². The summed E-state index contributed by atoms with van der Waals surface area (Å²) in [5, 5.41) is 12.0. The summed E-state index contributed by atoms with van der Waals surface area (Å²) >= 11 is 5.72. The molecule has 0 radical (unpaired) electrons. The Balaban J connectivity index is 2.72. The minimum atomic E-state index is 0.324. The molecule has 0 aliphatic rings. The fraction of sp³-hybridized carbons (Fsp3) is 0.200. The van der Waals surface area contributed by atoms with E-state index in [-0.39, 0.29) is 0 Å².